The number of hydrogen-bond donors (Lipinski definition) is 1. The second-order valence-corrected chi connectivity index (χ2v) is 6.91. The Morgan fingerprint density at radius 3 is 2.68 bits per heavy atom. The van der Waals surface area contributed by atoms with Crippen molar-refractivity contribution in [3.63, 3.8) is 0 Å². The van der Waals surface area contributed by atoms with Crippen molar-refractivity contribution in [2.45, 2.75) is 19.3 Å². The quantitative estimate of drug-likeness (QED) is 0.860. The van der Waals surface area contributed by atoms with Gasteiger partial charge in [0.05, 0.1) is 11.9 Å². The molecule has 1 unspecified atom stereocenters. The monoisotopic (exact) mass is 283 g/mol. The Kier molecular flexibility index (Phi) is 4.75. The molecular weight excluding hydrogens is 265 g/mol. The van der Waals surface area contributed by atoms with Crippen molar-refractivity contribution in [3.05, 3.63) is 30.3 Å². The fourth-order valence-corrected chi connectivity index (χ4v) is 4.43. The van der Waals surface area contributed by atoms with Crippen LogP contribution in [0.2, 0.25) is 0 Å². The molecule has 1 aliphatic rings. The van der Waals surface area contributed by atoms with Crippen LogP contribution in [0, 0.1) is 0 Å². The molecule has 104 valence electrons. The molecule has 0 radical (unpaired) electrons. The average molecular weight is 283 g/mol. The molecule has 0 amide bonds. The van der Waals surface area contributed by atoms with Gasteiger partial charge in [-0.2, -0.15) is 0 Å². The van der Waals surface area contributed by atoms with Crippen LogP contribution < -0.4 is 5.30 Å². The van der Waals surface area contributed by atoms with E-state index < -0.39 is 13.5 Å². The fraction of sp³-hybridized carbons (Fsp3) is 0.462. The van der Waals surface area contributed by atoms with E-state index in [2.05, 4.69) is 0 Å². The van der Waals surface area contributed by atoms with E-state index in [1.165, 1.54) is 4.67 Å². The van der Waals surface area contributed by atoms with Gasteiger partial charge in [0.25, 0.3) is 0 Å². The Morgan fingerprint density at radius 1 is 1.26 bits per heavy atom. The van der Waals surface area contributed by atoms with Crippen LogP contribution in [0.3, 0.4) is 0 Å². The second-order valence-electron chi connectivity index (χ2n) is 4.53. The van der Waals surface area contributed by atoms with Crippen molar-refractivity contribution in [2.75, 3.05) is 19.7 Å². The van der Waals surface area contributed by atoms with E-state index in [-0.39, 0.29) is 6.54 Å². The number of carboxylic acid groups (broad SMARTS) is 1. The van der Waals surface area contributed by atoms with Gasteiger partial charge in [0, 0.05) is 6.54 Å². The summed E-state index contributed by atoms with van der Waals surface area (Å²) in [5.41, 5.74) is 0. The highest BCUT2D eigenvalue weighted by atomic mass is 31.2. The third-order valence-electron chi connectivity index (χ3n) is 3.10. The fourth-order valence-electron chi connectivity index (χ4n) is 2.16. The number of nitrogens with zero attached hydrogens (tertiary/aromatic N) is 1. The van der Waals surface area contributed by atoms with Gasteiger partial charge >= 0.3 is 13.5 Å². The van der Waals surface area contributed by atoms with Crippen molar-refractivity contribution in [1.29, 1.82) is 0 Å². The van der Waals surface area contributed by atoms with Crippen molar-refractivity contribution in [1.82, 2.24) is 4.67 Å². The summed E-state index contributed by atoms with van der Waals surface area (Å²) in [5.74, 6) is -0.986. The zero-order chi connectivity index (χ0) is 13.7. The molecule has 0 aromatic heterocycles. The Hall–Kier alpha value is -1.16. The van der Waals surface area contributed by atoms with E-state index in [1.54, 1.807) is 24.3 Å². The first kappa shape index (κ1) is 14.3. The van der Waals surface area contributed by atoms with Crippen LogP contribution in [0.25, 0.3) is 0 Å². The predicted octanol–water partition coefficient (Wildman–Crippen LogP) is 2.09. The highest BCUT2D eigenvalue weighted by molar-refractivity contribution is 7.64. The molecule has 0 aliphatic carbocycles. The molecule has 1 saturated heterocycles. The van der Waals surface area contributed by atoms with Crippen LogP contribution >= 0.6 is 7.52 Å². The SMILES string of the molecule is O=C(O)CN1CCCCCOP1(=O)c1ccccc1. The Balaban J connectivity index is 2.33. The standard InChI is InChI=1S/C13H18NO4P/c15-13(16)11-14-9-5-2-6-10-18-19(14,17)12-7-3-1-4-8-12/h1,3-4,7-8H,2,5-6,9-11H2,(H,15,16). The molecule has 0 spiro atoms. The smallest absolute Gasteiger partial charge is 0.318 e. The summed E-state index contributed by atoms with van der Waals surface area (Å²) in [7, 11) is -3.25. The van der Waals surface area contributed by atoms with Crippen molar-refractivity contribution < 1.29 is 19.0 Å². The number of hydrogen-bond acceptors (Lipinski definition) is 3. The predicted molar refractivity (Wildman–Crippen MR) is 72.7 cm³/mol. The van der Waals surface area contributed by atoms with E-state index in [0.29, 0.717) is 18.5 Å². The van der Waals surface area contributed by atoms with Gasteiger partial charge in [-0.05, 0) is 31.4 Å². The molecular formula is C13H18NO4P. The van der Waals surface area contributed by atoms with Crippen LogP contribution in [0.15, 0.2) is 30.3 Å². The van der Waals surface area contributed by atoms with Crippen molar-refractivity contribution >= 4 is 18.8 Å². The van der Waals surface area contributed by atoms with Crippen LogP contribution in [0.5, 0.6) is 0 Å². The summed E-state index contributed by atoms with van der Waals surface area (Å²) < 4.78 is 20.2. The molecule has 1 fully saturated rings. The molecule has 1 aromatic rings. The van der Waals surface area contributed by atoms with E-state index in [0.717, 1.165) is 19.3 Å². The first-order chi connectivity index (χ1) is 9.13. The molecule has 1 aliphatic heterocycles. The van der Waals surface area contributed by atoms with Gasteiger partial charge < -0.3 is 9.63 Å². The Bertz CT molecular complexity index is 477. The van der Waals surface area contributed by atoms with Gasteiger partial charge in [0.1, 0.15) is 6.54 Å². The maximum atomic E-state index is 13.1. The lowest BCUT2D eigenvalue weighted by Gasteiger charge is -2.31. The summed E-state index contributed by atoms with van der Waals surface area (Å²) in [4.78, 5) is 11.0. The van der Waals surface area contributed by atoms with Gasteiger partial charge in [0.15, 0.2) is 0 Å². The van der Waals surface area contributed by atoms with Crippen LogP contribution in [-0.2, 0) is 13.9 Å². The molecule has 1 heterocycles. The maximum absolute atomic E-state index is 13.1. The molecule has 0 bridgehead atoms. The minimum absolute atomic E-state index is 0.258. The van der Waals surface area contributed by atoms with Crippen LogP contribution in [0.1, 0.15) is 19.3 Å². The Labute approximate surface area is 112 Å². The van der Waals surface area contributed by atoms with Gasteiger partial charge in [-0.15, -0.1) is 0 Å². The summed E-state index contributed by atoms with van der Waals surface area (Å²) in [5, 5.41) is 9.56. The number of carboxylic acids is 1. The highest BCUT2D eigenvalue weighted by Gasteiger charge is 2.35. The maximum Gasteiger partial charge on any atom is 0.318 e. The molecule has 6 heteroatoms. The molecule has 19 heavy (non-hydrogen) atoms. The number of benzene rings is 1. The van der Waals surface area contributed by atoms with Crippen LogP contribution in [-0.4, -0.2) is 35.4 Å². The third-order valence-corrected chi connectivity index (χ3v) is 5.67. The van der Waals surface area contributed by atoms with Gasteiger partial charge in [0.2, 0.25) is 0 Å². The molecule has 5 nitrogen and oxygen atoms in total. The van der Waals surface area contributed by atoms with Gasteiger partial charge in [-0.3, -0.25) is 9.36 Å². The first-order valence-electron chi connectivity index (χ1n) is 6.40. The minimum Gasteiger partial charge on any atom is -0.480 e. The van der Waals surface area contributed by atoms with Crippen LogP contribution in [0.4, 0.5) is 0 Å². The van der Waals surface area contributed by atoms with E-state index in [9.17, 15) is 9.36 Å². The largest absolute Gasteiger partial charge is 0.480 e. The van der Waals surface area contributed by atoms with Gasteiger partial charge in [-0.25, -0.2) is 4.67 Å². The highest BCUT2D eigenvalue weighted by Crippen LogP contribution is 2.50. The van der Waals surface area contributed by atoms with Crippen molar-refractivity contribution in [2.24, 2.45) is 0 Å². The number of carbonyl (C=O) groups is 1. The van der Waals surface area contributed by atoms with Crippen molar-refractivity contribution in [3.8, 4) is 0 Å². The number of aliphatic carboxylic acids is 1. The molecule has 1 N–H and O–H groups in total. The lowest BCUT2D eigenvalue weighted by molar-refractivity contribution is -0.137. The molecule has 1 atom stereocenters. The zero-order valence-corrected chi connectivity index (χ0v) is 11.6. The van der Waals surface area contributed by atoms with E-state index in [4.69, 9.17) is 9.63 Å². The van der Waals surface area contributed by atoms with E-state index in [1.807, 2.05) is 6.07 Å². The summed E-state index contributed by atoms with van der Waals surface area (Å²) >= 11 is 0. The molecule has 2 rings (SSSR count). The zero-order valence-electron chi connectivity index (χ0n) is 10.7. The third kappa shape index (κ3) is 3.44. The normalized spacial score (nSPS) is 25.5. The lowest BCUT2D eigenvalue weighted by Crippen LogP contribution is -2.34. The Morgan fingerprint density at radius 2 is 2.00 bits per heavy atom. The van der Waals surface area contributed by atoms with E-state index >= 15 is 0 Å². The number of rotatable bonds is 3. The summed E-state index contributed by atoms with van der Waals surface area (Å²) in [6.45, 7) is 0.632. The summed E-state index contributed by atoms with van der Waals surface area (Å²) in [6, 6.07) is 8.88. The van der Waals surface area contributed by atoms with Gasteiger partial charge in [-0.1, -0.05) is 18.2 Å². The summed E-state index contributed by atoms with van der Waals surface area (Å²) in [6.07, 6.45) is 2.66. The second kappa shape index (κ2) is 6.33. The topological polar surface area (TPSA) is 66.8 Å². The molecule has 0 saturated carbocycles. The molecule has 1 aromatic carbocycles. The first-order valence-corrected chi connectivity index (χ1v) is 7.98. The lowest BCUT2D eigenvalue weighted by atomic mass is 10.2. The minimum atomic E-state index is -3.25. The average Bonchev–Trinajstić information content (AvgIpc) is 2.39.